The molecule has 0 aliphatic heterocycles. The highest BCUT2D eigenvalue weighted by molar-refractivity contribution is 5.71. The van der Waals surface area contributed by atoms with Gasteiger partial charge in [0.15, 0.2) is 6.10 Å². The molecular formula is C73H126O6. The third-order valence-corrected chi connectivity index (χ3v) is 14.5. The largest absolute Gasteiger partial charge is 0.462 e. The van der Waals surface area contributed by atoms with Crippen LogP contribution in [-0.4, -0.2) is 37.2 Å². The van der Waals surface area contributed by atoms with Crippen LogP contribution in [0.2, 0.25) is 0 Å². The third kappa shape index (κ3) is 65.0. The van der Waals surface area contributed by atoms with Gasteiger partial charge in [0.1, 0.15) is 13.2 Å². The van der Waals surface area contributed by atoms with Crippen LogP contribution in [0.1, 0.15) is 329 Å². The molecule has 454 valence electrons. The van der Waals surface area contributed by atoms with Crippen molar-refractivity contribution in [2.45, 2.75) is 335 Å². The number of esters is 3. The first kappa shape index (κ1) is 75.3. The van der Waals surface area contributed by atoms with Gasteiger partial charge in [0.05, 0.1) is 0 Å². The number of unbranched alkanes of at least 4 members (excludes halogenated alkanes) is 34. The van der Waals surface area contributed by atoms with Gasteiger partial charge in [-0.2, -0.15) is 0 Å². The molecule has 1 unspecified atom stereocenters. The number of carbonyl (C=O) groups is 3. The monoisotopic (exact) mass is 1100 g/mol. The number of allylic oxidation sites excluding steroid dienone is 16. The summed E-state index contributed by atoms with van der Waals surface area (Å²) < 4.78 is 16.9. The molecule has 0 amide bonds. The van der Waals surface area contributed by atoms with E-state index >= 15 is 0 Å². The fraction of sp³-hybridized carbons (Fsp3) is 0.740. The molecule has 0 N–H and O–H groups in total. The van der Waals surface area contributed by atoms with Crippen molar-refractivity contribution in [2.24, 2.45) is 0 Å². The summed E-state index contributed by atoms with van der Waals surface area (Å²) in [6.45, 7) is 6.46. The molecule has 79 heavy (non-hydrogen) atoms. The van der Waals surface area contributed by atoms with Gasteiger partial charge in [0, 0.05) is 19.3 Å². The van der Waals surface area contributed by atoms with Crippen molar-refractivity contribution in [3.63, 3.8) is 0 Å². The van der Waals surface area contributed by atoms with Crippen LogP contribution in [0.5, 0.6) is 0 Å². The lowest BCUT2D eigenvalue weighted by Crippen LogP contribution is -2.30. The maximum absolute atomic E-state index is 12.9. The Kier molecular flexibility index (Phi) is 63.7. The average molecular weight is 1100 g/mol. The van der Waals surface area contributed by atoms with Crippen molar-refractivity contribution < 1.29 is 28.6 Å². The Bertz CT molecular complexity index is 1540. The van der Waals surface area contributed by atoms with E-state index in [-0.39, 0.29) is 31.1 Å². The van der Waals surface area contributed by atoms with Crippen LogP contribution in [0.4, 0.5) is 0 Å². The lowest BCUT2D eigenvalue weighted by atomic mass is 10.0. The van der Waals surface area contributed by atoms with E-state index in [0.29, 0.717) is 19.3 Å². The van der Waals surface area contributed by atoms with E-state index in [1.165, 1.54) is 173 Å². The van der Waals surface area contributed by atoms with E-state index in [0.717, 1.165) is 116 Å². The maximum atomic E-state index is 12.9. The first-order chi connectivity index (χ1) is 39.0. The minimum atomic E-state index is -0.786. The highest BCUT2D eigenvalue weighted by atomic mass is 16.6. The van der Waals surface area contributed by atoms with Gasteiger partial charge in [-0.25, -0.2) is 0 Å². The molecule has 0 aliphatic carbocycles. The summed E-state index contributed by atoms with van der Waals surface area (Å²) in [5, 5.41) is 0. The van der Waals surface area contributed by atoms with Gasteiger partial charge in [0.2, 0.25) is 0 Å². The van der Waals surface area contributed by atoms with E-state index < -0.39 is 6.10 Å². The molecule has 0 heterocycles. The van der Waals surface area contributed by atoms with Crippen molar-refractivity contribution in [3.8, 4) is 0 Å². The zero-order valence-corrected chi connectivity index (χ0v) is 52.1. The maximum Gasteiger partial charge on any atom is 0.306 e. The summed E-state index contributed by atoms with van der Waals surface area (Å²) in [7, 11) is 0. The predicted octanol–water partition coefficient (Wildman–Crippen LogP) is 23.2. The van der Waals surface area contributed by atoms with E-state index in [4.69, 9.17) is 14.2 Å². The number of hydrogen-bond donors (Lipinski definition) is 0. The van der Waals surface area contributed by atoms with Gasteiger partial charge in [-0.3, -0.25) is 14.4 Å². The van der Waals surface area contributed by atoms with Gasteiger partial charge in [-0.05, 0) is 116 Å². The van der Waals surface area contributed by atoms with Crippen LogP contribution in [0, 0.1) is 0 Å². The molecule has 0 fully saturated rings. The molecule has 0 aromatic heterocycles. The molecule has 0 aromatic rings. The summed E-state index contributed by atoms with van der Waals surface area (Å²) in [6, 6.07) is 0. The lowest BCUT2D eigenvalue weighted by Gasteiger charge is -2.18. The number of carbonyl (C=O) groups excluding carboxylic acids is 3. The summed E-state index contributed by atoms with van der Waals surface area (Å²) in [6.07, 6.45) is 90.0. The standard InChI is InChI=1S/C73H126O6/c1-4-7-10-13-16-19-22-25-27-29-31-32-33-34-35-36-37-38-39-40-42-43-45-48-51-54-57-60-63-66-72(75)78-69-70(68-77-71(74)65-62-59-56-53-50-47-24-21-18-15-12-9-6-3)79-73(76)67-64-61-58-55-52-49-46-44-41-30-28-26-23-20-17-14-11-8-5-2/h7,10,12,15-17,19-21,24-28,31-32,70H,4-6,8-9,11,13-14,18,22-23,29-30,33-69H2,1-3H3/b10-7-,15-12-,19-16-,20-17-,24-21-,27-25-,28-26-,32-31-. The van der Waals surface area contributed by atoms with Gasteiger partial charge in [-0.15, -0.1) is 0 Å². The summed E-state index contributed by atoms with van der Waals surface area (Å²) in [5.41, 5.74) is 0. The molecule has 1 atom stereocenters. The molecule has 0 radical (unpaired) electrons. The van der Waals surface area contributed by atoms with Crippen molar-refractivity contribution in [3.05, 3.63) is 97.2 Å². The summed E-state index contributed by atoms with van der Waals surface area (Å²) in [5.74, 6) is -0.887. The zero-order chi connectivity index (χ0) is 57.1. The van der Waals surface area contributed by atoms with E-state index in [1.54, 1.807) is 0 Å². The summed E-state index contributed by atoms with van der Waals surface area (Å²) in [4.78, 5) is 38.4. The predicted molar refractivity (Wildman–Crippen MR) is 344 cm³/mol. The molecular weight excluding hydrogens is 973 g/mol. The Morgan fingerprint density at radius 2 is 0.519 bits per heavy atom. The fourth-order valence-electron chi connectivity index (χ4n) is 9.50. The van der Waals surface area contributed by atoms with Crippen molar-refractivity contribution in [1.82, 2.24) is 0 Å². The van der Waals surface area contributed by atoms with E-state index in [1.807, 2.05) is 0 Å². The second-order valence-corrected chi connectivity index (χ2v) is 22.3. The van der Waals surface area contributed by atoms with Crippen LogP contribution in [0.25, 0.3) is 0 Å². The van der Waals surface area contributed by atoms with Crippen LogP contribution in [0.15, 0.2) is 97.2 Å². The molecule has 0 spiro atoms. The van der Waals surface area contributed by atoms with Gasteiger partial charge in [0.25, 0.3) is 0 Å². The van der Waals surface area contributed by atoms with Crippen LogP contribution >= 0.6 is 0 Å². The van der Waals surface area contributed by atoms with Crippen molar-refractivity contribution in [2.75, 3.05) is 13.2 Å². The Morgan fingerprint density at radius 3 is 0.823 bits per heavy atom. The molecule has 6 heteroatoms. The molecule has 0 saturated heterocycles. The van der Waals surface area contributed by atoms with Gasteiger partial charge in [-0.1, -0.05) is 291 Å². The van der Waals surface area contributed by atoms with Crippen LogP contribution < -0.4 is 0 Å². The molecule has 0 aromatic carbocycles. The van der Waals surface area contributed by atoms with Crippen molar-refractivity contribution >= 4 is 17.9 Å². The first-order valence-corrected chi connectivity index (χ1v) is 33.7. The molecule has 0 rings (SSSR count). The SMILES string of the molecule is CC/C=C\C/C=C\C/C=C\C/C=C\CCCCCCCCCCCCCCCCCCC(=O)OCC(COC(=O)CCCCCCC/C=C\C/C=C\CCC)OC(=O)CCCCCCCCCCC/C=C\C/C=C\CCCCC. The van der Waals surface area contributed by atoms with Crippen LogP contribution in [-0.2, 0) is 28.6 Å². The minimum Gasteiger partial charge on any atom is -0.462 e. The highest BCUT2D eigenvalue weighted by Crippen LogP contribution is 2.17. The number of rotatable bonds is 61. The smallest absolute Gasteiger partial charge is 0.306 e. The fourth-order valence-corrected chi connectivity index (χ4v) is 9.50. The molecule has 0 saturated carbocycles. The third-order valence-electron chi connectivity index (χ3n) is 14.5. The Morgan fingerprint density at radius 1 is 0.266 bits per heavy atom. The molecule has 6 nitrogen and oxygen atoms in total. The Balaban J connectivity index is 4.24. The number of hydrogen-bond acceptors (Lipinski definition) is 6. The number of ether oxygens (including phenoxy) is 3. The average Bonchev–Trinajstić information content (AvgIpc) is 3.45. The zero-order valence-electron chi connectivity index (χ0n) is 52.1. The minimum absolute atomic E-state index is 0.0814. The lowest BCUT2D eigenvalue weighted by molar-refractivity contribution is -0.167. The first-order valence-electron chi connectivity index (χ1n) is 33.7. The highest BCUT2D eigenvalue weighted by Gasteiger charge is 2.19. The molecule has 0 aliphatic rings. The van der Waals surface area contributed by atoms with E-state index in [2.05, 4.69) is 118 Å². The second kappa shape index (κ2) is 66.8. The molecule has 0 bridgehead atoms. The van der Waals surface area contributed by atoms with Crippen LogP contribution in [0.3, 0.4) is 0 Å². The van der Waals surface area contributed by atoms with Gasteiger partial charge < -0.3 is 14.2 Å². The van der Waals surface area contributed by atoms with Gasteiger partial charge >= 0.3 is 17.9 Å². The topological polar surface area (TPSA) is 78.9 Å². The van der Waals surface area contributed by atoms with Crippen molar-refractivity contribution in [1.29, 1.82) is 0 Å². The second-order valence-electron chi connectivity index (χ2n) is 22.3. The summed E-state index contributed by atoms with van der Waals surface area (Å²) >= 11 is 0. The Hall–Kier alpha value is -3.67. The normalized spacial score (nSPS) is 12.7. The Labute approximate surface area is 489 Å². The van der Waals surface area contributed by atoms with E-state index in [9.17, 15) is 14.4 Å². The quantitative estimate of drug-likeness (QED) is 0.0261.